The topological polar surface area (TPSA) is 15.3 Å². The second-order valence-corrected chi connectivity index (χ2v) is 7.25. The molecule has 1 heterocycles. The van der Waals surface area contributed by atoms with E-state index >= 15 is 0 Å². The Morgan fingerprint density at radius 3 is 2.81 bits per heavy atom. The Morgan fingerprint density at radius 2 is 2.19 bits per heavy atom. The average molecular weight is 357 g/mol. The van der Waals surface area contributed by atoms with E-state index in [1.165, 1.54) is 12.8 Å². The van der Waals surface area contributed by atoms with Gasteiger partial charge in [-0.3, -0.25) is 4.90 Å². The number of benzene rings is 1. The molecular formula is C17H26BrFN2. The number of halogens is 2. The fourth-order valence-electron chi connectivity index (χ4n) is 3.03. The predicted molar refractivity (Wildman–Crippen MR) is 89.9 cm³/mol. The molecule has 1 aromatic carbocycles. The van der Waals surface area contributed by atoms with Crippen molar-refractivity contribution in [1.29, 1.82) is 0 Å². The average Bonchev–Trinajstić information content (AvgIpc) is 2.46. The molecule has 1 fully saturated rings. The minimum atomic E-state index is -0.117. The molecule has 21 heavy (non-hydrogen) atoms. The second kappa shape index (κ2) is 7.21. The van der Waals surface area contributed by atoms with Gasteiger partial charge in [0.2, 0.25) is 0 Å². The minimum absolute atomic E-state index is 0.101. The number of nitrogens with one attached hydrogen (secondary N) is 1. The van der Waals surface area contributed by atoms with Gasteiger partial charge in [-0.15, -0.1) is 0 Å². The molecule has 0 aromatic heterocycles. The van der Waals surface area contributed by atoms with Gasteiger partial charge >= 0.3 is 0 Å². The molecule has 1 aromatic rings. The maximum Gasteiger partial charge on any atom is 0.128 e. The van der Waals surface area contributed by atoms with Crippen molar-refractivity contribution in [3.63, 3.8) is 0 Å². The summed E-state index contributed by atoms with van der Waals surface area (Å²) in [5.41, 5.74) is 0.888. The lowest BCUT2D eigenvalue weighted by Gasteiger charge is -2.48. The minimum Gasteiger partial charge on any atom is -0.311 e. The molecule has 1 N–H and O–H groups in total. The highest BCUT2D eigenvalue weighted by Crippen LogP contribution is 2.27. The van der Waals surface area contributed by atoms with Crippen LogP contribution in [0.4, 0.5) is 4.39 Å². The third-order valence-electron chi connectivity index (χ3n) is 4.75. The van der Waals surface area contributed by atoms with E-state index in [9.17, 15) is 4.39 Å². The molecule has 1 aliphatic rings. The lowest BCUT2D eigenvalue weighted by atomic mass is 9.90. The predicted octanol–water partition coefficient (Wildman–Crippen LogP) is 4.33. The first-order valence-electron chi connectivity index (χ1n) is 7.91. The van der Waals surface area contributed by atoms with Crippen molar-refractivity contribution in [3.8, 4) is 0 Å². The Balaban J connectivity index is 2.16. The number of rotatable bonds is 5. The molecule has 0 bridgehead atoms. The van der Waals surface area contributed by atoms with Gasteiger partial charge in [-0.25, -0.2) is 4.39 Å². The molecule has 0 saturated carbocycles. The molecule has 2 nitrogen and oxygen atoms in total. The Bertz CT molecular complexity index is 480. The van der Waals surface area contributed by atoms with Crippen LogP contribution in [0.3, 0.4) is 0 Å². The standard InChI is InChI=1S/C17H26BrFN2/c1-4-6-15-11-21(17(3,5-2)12-20-15)10-13-7-8-14(18)9-16(13)19/h7-9,15,20H,4-6,10-12H2,1-3H3. The number of hydrogen-bond donors (Lipinski definition) is 1. The molecule has 118 valence electrons. The second-order valence-electron chi connectivity index (χ2n) is 6.33. The Labute approximate surface area is 136 Å². The van der Waals surface area contributed by atoms with E-state index in [0.29, 0.717) is 12.6 Å². The SMILES string of the molecule is CCCC1CN(Cc2ccc(Br)cc2F)C(C)(CC)CN1. The molecule has 0 radical (unpaired) electrons. The van der Waals surface area contributed by atoms with Crippen molar-refractivity contribution >= 4 is 15.9 Å². The molecule has 2 unspecified atom stereocenters. The summed E-state index contributed by atoms with van der Waals surface area (Å²) >= 11 is 3.32. The Morgan fingerprint density at radius 1 is 1.43 bits per heavy atom. The normalized spacial score (nSPS) is 27.0. The summed E-state index contributed by atoms with van der Waals surface area (Å²) in [4.78, 5) is 2.45. The first kappa shape index (κ1) is 16.9. The summed E-state index contributed by atoms with van der Waals surface area (Å²) in [6.45, 7) is 9.37. The first-order valence-corrected chi connectivity index (χ1v) is 8.70. The summed E-state index contributed by atoms with van der Waals surface area (Å²) in [5.74, 6) is -0.117. The van der Waals surface area contributed by atoms with Crippen molar-refractivity contribution in [1.82, 2.24) is 10.2 Å². The zero-order chi connectivity index (χ0) is 15.5. The van der Waals surface area contributed by atoms with Crippen LogP contribution in [0, 0.1) is 5.82 Å². The molecule has 0 amide bonds. The fourth-order valence-corrected chi connectivity index (χ4v) is 3.36. The molecule has 4 heteroatoms. The van der Waals surface area contributed by atoms with Gasteiger partial charge in [0.25, 0.3) is 0 Å². The maximum absolute atomic E-state index is 14.1. The van der Waals surface area contributed by atoms with Crippen LogP contribution in [-0.2, 0) is 6.54 Å². The van der Waals surface area contributed by atoms with Gasteiger partial charge in [-0.05, 0) is 31.9 Å². The monoisotopic (exact) mass is 356 g/mol. The summed E-state index contributed by atoms with van der Waals surface area (Å²) in [6, 6.07) is 5.90. The van der Waals surface area contributed by atoms with E-state index in [2.05, 4.69) is 46.9 Å². The van der Waals surface area contributed by atoms with Gasteiger partial charge in [-0.1, -0.05) is 42.3 Å². The first-order chi connectivity index (χ1) is 9.98. The van der Waals surface area contributed by atoms with Crippen molar-refractivity contribution in [3.05, 3.63) is 34.1 Å². The molecule has 1 aliphatic heterocycles. The number of piperazine rings is 1. The van der Waals surface area contributed by atoms with E-state index in [1.54, 1.807) is 6.07 Å². The van der Waals surface area contributed by atoms with Gasteiger partial charge in [0.1, 0.15) is 5.82 Å². The lowest BCUT2D eigenvalue weighted by molar-refractivity contribution is 0.0388. The number of nitrogens with zero attached hydrogens (tertiary/aromatic N) is 1. The highest BCUT2D eigenvalue weighted by atomic mass is 79.9. The molecule has 0 spiro atoms. The fraction of sp³-hybridized carbons (Fsp3) is 0.647. The molecular weight excluding hydrogens is 331 g/mol. The zero-order valence-electron chi connectivity index (χ0n) is 13.3. The van der Waals surface area contributed by atoms with Crippen LogP contribution in [0.1, 0.15) is 45.6 Å². The van der Waals surface area contributed by atoms with E-state index < -0.39 is 0 Å². The van der Waals surface area contributed by atoms with Crippen molar-refractivity contribution in [2.75, 3.05) is 13.1 Å². The van der Waals surface area contributed by atoms with Gasteiger partial charge in [0, 0.05) is 41.3 Å². The van der Waals surface area contributed by atoms with Gasteiger partial charge in [0.05, 0.1) is 0 Å². The number of hydrogen-bond acceptors (Lipinski definition) is 2. The molecule has 0 aliphatic carbocycles. The molecule has 1 saturated heterocycles. The van der Waals surface area contributed by atoms with Crippen LogP contribution in [-0.4, -0.2) is 29.6 Å². The van der Waals surface area contributed by atoms with E-state index in [4.69, 9.17) is 0 Å². The molecule has 2 rings (SSSR count). The summed E-state index contributed by atoms with van der Waals surface area (Å²) in [6.07, 6.45) is 3.43. The Kier molecular flexibility index (Phi) is 5.81. The van der Waals surface area contributed by atoms with Crippen LogP contribution in [0.25, 0.3) is 0 Å². The maximum atomic E-state index is 14.1. The van der Waals surface area contributed by atoms with Crippen molar-refractivity contribution < 1.29 is 4.39 Å². The van der Waals surface area contributed by atoms with E-state index in [1.807, 2.05) is 12.1 Å². The lowest BCUT2D eigenvalue weighted by Crippen LogP contribution is -2.62. The smallest absolute Gasteiger partial charge is 0.128 e. The van der Waals surface area contributed by atoms with Crippen LogP contribution >= 0.6 is 15.9 Å². The summed E-state index contributed by atoms with van der Waals surface area (Å²) in [7, 11) is 0. The quantitative estimate of drug-likeness (QED) is 0.844. The van der Waals surface area contributed by atoms with Gasteiger partial charge in [0.15, 0.2) is 0 Å². The highest BCUT2D eigenvalue weighted by molar-refractivity contribution is 9.10. The van der Waals surface area contributed by atoms with Crippen molar-refractivity contribution in [2.24, 2.45) is 0 Å². The zero-order valence-corrected chi connectivity index (χ0v) is 14.8. The third-order valence-corrected chi connectivity index (χ3v) is 5.24. The Hall–Kier alpha value is -0.450. The largest absolute Gasteiger partial charge is 0.311 e. The third kappa shape index (κ3) is 4.05. The van der Waals surface area contributed by atoms with E-state index in [0.717, 1.165) is 29.5 Å². The van der Waals surface area contributed by atoms with E-state index in [-0.39, 0.29) is 11.4 Å². The molecule has 2 atom stereocenters. The van der Waals surface area contributed by atoms with Gasteiger partial charge in [-0.2, -0.15) is 0 Å². The van der Waals surface area contributed by atoms with Crippen LogP contribution in [0.2, 0.25) is 0 Å². The van der Waals surface area contributed by atoms with Crippen LogP contribution in [0.15, 0.2) is 22.7 Å². The van der Waals surface area contributed by atoms with Crippen LogP contribution in [0.5, 0.6) is 0 Å². The van der Waals surface area contributed by atoms with Crippen LogP contribution < -0.4 is 5.32 Å². The highest BCUT2D eigenvalue weighted by Gasteiger charge is 2.36. The van der Waals surface area contributed by atoms with Gasteiger partial charge < -0.3 is 5.32 Å². The summed E-state index contributed by atoms with van der Waals surface area (Å²) < 4.78 is 14.9. The van der Waals surface area contributed by atoms with Crippen molar-refractivity contribution in [2.45, 2.75) is 58.2 Å². The summed E-state index contributed by atoms with van der Waals surface area (Å²) in [5, 5.41) is 3.66.